The summed E-state index contributed by atoms with van der Waals surface area (Å²) in [5.41, 5.74) is 0.907. The van der Waals surface area contributed by atoms with Crippen molar-refractivity contribution in [2.24, 2.45) is 0 Å². The lowest BCUT2D eigenvalue weighted by atomic mass is 10.3. The number of urea groups is 1. The first-order valence-corrected chi connectivity index (χ1v) is 9.17. The number of anilines is 1. The van der Waals surface area contributed by atoms with Crippen molar-refractivity contribution in [1.29, 1.82) is 0 Å². The van der Waals surface area contributed by atoms with E-state index in [4.69, 9.17) is 0 Å². The quantitative estimate of drug-likeness (QED) is 0.723. The van der Waals surface area contributed by atoms with Gasteiger partial charge in [-0.15, -0.1) is 11.8 Å². The number of carbonyl (C=O) groups excluding carboxylic acids is 2. The van der Waals surface area contributed by atoms with Gasteiger partial charge in [0.1, 0.15) is 12.4 Å². The van der Waals surface area contributed by atoms with Crippen molar-refractivity contribution in [2.45, 2.75) is 17.2 Å². The summed E-state index contributed by atoms with van der Waals surface area (Å²) in [6.45, 7) is -0.339. The van der Waals surface area contributed by atoms with Crippen LogP contribution in [0.25, 0.3) is 5.69 Å². The van der Waals surface area contributed by atoms with Crippen LogP contribution in [0.15, 0.2) is 64.3 Å². The van der Waals surface area contributed by atoms with Gasteiger partial charge in [-0.3, -0.25) is 10.1 Å². The van der Waals surface area contributed by atoms with E-state index in [1.165, 1.54) is 4.57 Å². The molecule has 1 aliphatic heterocycles. The van der Waals surface area contributed by atoms with Gasteiger partial charge in [0.25, 0.3) is 0 Å². The Balaban J connectivity index is 1.48. The second kappa shape index (κ2) is 7.12. The Hall–Kier alpha value is -3.33. The lowest BCUT2D eigenvalue weighted by molar-refractivity contribution is -0.120. The van der Waals surface area contributed by atoms with Crippen LogP contribution in [0.2, 0.25) is 0 Å². The number of nitrogens with one attached hydrogen (secondary N) is 2. The Bertz CT molecular complexity index is 1070. The van der Waals surface area contributed by atoms with E-state index in [-0.39, 0.29) is 6.54 Å². The average Bonchev–Trinajstić information content (AvgIpc) is 2.98. The summed E-state index contributed by atoms with van der Waals surface area (Å²) in [5, 5.41) is 8.98. The van der Waals surface area contributed by atoms with Crippen molar-refractivity contribution in [3.05, 3.63) is 70.9 Å². The molecule has 0 radical (unpaired) electrons. The molecule has 9 heteroatoms. The van der Waals surface area contributed by atoms with Crippen LogP contribution in [0.3, 0.4) is 0 Å². The van der Waals surface area contributed by atoms with Crippen molar-refractivity contribution in [2.75, 3.05) is 5.32 Å². The SMILES string of the molecule is O=C(Cn1nc2n(c1=O)-c1ccccc1SC2)NC(=O)Nc1ccccc1. The van der Waals surface area contributed by atoms with Crippen LogP contribution < -0.4 is 16.3 Å². The number of thioether (sulfide) groups is 1. The van der Waals surface area contributed by atoms with E-state index in [1.54, 1.807) is 36.0 Å². The standard InChI is InChI=1S/C18H15N5O3S/c24-16(20-17(25)19-12-6-2-1-3-7-12)10-22-18(26)23-13-8-4-5-9-14(13)27-11-15(23)21-22/h1-9H,10-11H2,(H2,19,20,24,25). The number of para-hydroxylation sites is 2. The van der Waals surface area contributed by atoms with Crippen LogP contribution in [0, 0.1) is 0 Å². The molecule has 136 valence electrons. The summed E-state index contributed by atoms with van der Waals surface area (Å²) >= 11 is 1.58. The Kier molecular flexibility index (Phi) is 4.51. The Morgan fingerprint density at radius 2 is 1.81 bits per heavy atom. The van der Waals surface area contributed by atoms with Gasteiger partial charge in [-0.25, -0.2) is 18.8 Å². The molecule has 2 N–H and O–H groups in total. The molecule has 0 saturated carbocycles. The maximum Gasteiger partial charge on any atom is 0.351 e. The zero-order valence-electron chi connectivity index (χ0n) is 14.1. The number of aromatic nitrogens is 3. The molecular weight excluding hydrogens is 366 g/mol. The molecule has 27 heavy (non-hydrogen) atoms. The number of amides is 3. The Morgan fingerprint density at radius 1 is 1.07 bits per heavy atom. The second-order valence-corrected chi connectivity index (χ2v) is 6.83. The molecule has 4 rings (SSSR count). The first-order valence-electron chi connectivity index (χ1n) is 8.18. The number of nitrogens with zero attached hydrogens (tertiary/aromatic N) is 3. The van der Waals surface area contributed by atoms with Gasteiger partial charge in [-0.05, 0) is 24.3 Å². The van der Waals surface area contributed by atoms with Crippen LogP contribution in [-0.4, -0.2) is 26.3 Å². The molecule has 0 unspecified atom stereocenters. The third-order valence-corrected chi connectivity index (χ3v) is 5.01. The van der Waals surface area contributed by atoms with Crippen LogP contribution in [0.1, 0.15) is 5.82 Å². The molecule has 2 heterocycles. The Morgan fingerprint density at radius 3 is 2.63 bits per heavy atom. The molecule has 0 bridgehead atoms. The lowest BCUT2D eigenvalue weighted by Gasteiger charge is -2.15. The first-order chi connectivity index (χ1) is 13.1. The average molecular weight is 381 g/mol. The lowest BCUT2D eigenvalue weighted by Crippen LogP contribution is -2.39. The zero-order valence-corrected chi connectivity index (χ0v) is 14.9. The molecular formula is C18H15N5O3S. The fraction of sp³-hybridized carbons (Fsp3) is 0.111. The van der Waals surface area contributed by atoms with Crippen molar-refractivity contribution in [3.63, 3.8) is 0 Å². The fourth-order valence-electron chi connectivity index (χ4n) is 2.78. The van der Waals surface area contributed by atoms with Gasteiger partial charge in [0.2, 0.25) is 5.91 Å². The van der Waals surface area contributed by atoms with Crippen LogP contribution in [-0.2, 0) is 17.1 Å². The van der Waals surface area contributed by atoms with E-state index in [2.05, 4.69) is 15.7 Å². The fourth-order valence-corrected chi connectivity index (χ4v) is 3.74. The van der Waals surface area contributed by atoms with E-state index in [0.717, 1.165) is 15.3 Å². The maximum absolute atomic E-state index is 12.7. The largest absolute Gasteiger partial charge is 0.351 e. The highest BCUT2D eigenvalue weighted by Gasteiger charge is 2.23. The molecule has 1 aromatic heterocycles. The summed E-state index contributed by atoms with van der Waals surface area (Å²) < 4.78 is 2.58. The molecule has 0 spiro atoms. The highest BCUT2D eigenvalue weighted by molar-refractivity contribution is 7.98. The first kappa shape index (κ1) is 17.1. The summed E-state index contributed by atoms with van der Waals surface area (Å²) in [5.74, 6) is 0.488. The number of imide groups is 1. The van der Waals surface area contributed by atoms with E-state index >= 15 is 0 Å². The van der Waals surface area contributed by atoms with Crippen LogP contribution in [0.5, 0.6) is 0 Å². The van der Waals surface area contributed by atoms with E-state index in [1.807, 2.05) is 30.3 Å². The van der Waals surface area contributed by atoms with Crippen LogP contribution >= 0.6 is 11.8 Å². The number of carbonyl (C=O) groups is 2. The smallest absolute Gasteiger partial charge is 0.308 e. The predicted octanol–water partition coefficient (Wildman–Crippen LogP) is 1.99. The number of benzene rings is 2. The third kappa shape index (κ3) is 3.49. The van der Waals surface area contributed by atoms with E-state index < -0.39 is 17.6 Å². The van der Waals surface area contributed by atoms with E-state index in [9.17, 15) is 14.4 Å². The summed E-state index contributed by atoms with van der Waals surface area (Å²) in [4.78, 5) is 37.7. The summed E-state index contributed by atoms with van der Waals surface area (Å²) in [7, 11) is 0. The molecule has 3 aromatic rings. The molecule has 1 aliphatic rings. The van der Waals surface area contributed by atoms with Gasteiger partial charge in [-0.1, -0.05) is 30.3 Å². The zero-order chi connectivity index (χ0) is 18.8. The molecule has 0 atom stereocenters. The Labute approximate surface area is 158 Å². The number of hydrogen-bond acceptors (Lipinski definition) is 5. The maximum atomic E-state index is 12.7. The minimum Gasteiger partial charge on any atom is -0.308 e. The minimum absolute atomic E-state index is 0.339. The monoisotopic (exact) mass is 381 g/mol. The highest BCUT2D eigenvalue weighted by atomic mass is 32.2. The van der Waals surface area contributed by atoms with Gasteiger partial charge >= 0.3 is 11.7 Å². The van der Waals surface area contributed by atoms with Crippen molar-refractivity contribution >= 4 is 29.4 Å². The minimum atomic E-state index is -0.663. The molecule has 0 saturated heterocycles. The van der Waals surface area contributed by atoms with Crippen molar-refractivity contribution in [1.82, 2.24) is 19.7 Å². The van der Waals surface area contributed by atoms with Crippen LogP contribution in [0.4, 0.5) is 10.5 Å². The molecule has 8 nitrogen and oxygen atoms in total. The van der Waals surface area contributed by atoms with Gasteiger partial charge in [0.05, 0.1) is 11.4 Å². The predicted molar refractivity (Wildman–Crippen MR) is 101 cm³/mol. The second-order valence-electron chi connectivity index (χ2n) is 5.82. The van der Waals surface area contributed by atoms with Gasteiger partial charge in [0, 0.05) is 10.6 Å². The number of rotatable bonds is 3. The van der Waals surface area contributed by atoms with Crippen molar-refractivity contribution in [3.8, 4) is 5.69 Å². The van der Waals surface area contributed by atoms with Crippen molar-refractivity contribution < 1.29 is 9.59 Å². The van der Waals surface area contributed by atoms with Gasteiger partial charge in [-0.2, -0.15) is 5.10 Å². The summed E-state index contributed by atoms with van der Waals surface area (Å²) in [6, 6.07) is 15.6. The third-order valence-electron chi connectivity index (χ3n) is 3.95. The number of fused-ring (bicyclic) bond motifs is 3. The number of hydrogen-bond donors (Lipinski definition) is 2. The normalized spacial score (nSPS) is 12.0. The topological polar surface area (TPSA) is 98.0 Å². The summed E-state index contributed by atoms with van der Waals surface area (Å²) in [6.07, 6.45) is 0. The van der Waals surface area contributed by atoms with Gasteiger partial charge in [0.15, 0.2) is 0 Å². The molecule has 0 aliphatic carbocycles. The van der Waals surface area contributed by atoms with Gasteiger partial charge < -0.3 is 5.32 Å². The highest BCUT2D eigenvalue weighted by Crippen LogP contribution is 2.32. The molecule has 0 fully saturated rings. The van der Waals surface area contributed by atoms with E-state index in [0.29, 0.717) is 17.3 Å². The molecule has 2 aromatic carbocycles. The molecule has 3 amide bonds.